The van der Waals surface area contributed by atoms with E-state index in [0.717, 1.165) is 11.1 Å². The van der Waals surface area contributed by atoms with Gasteiger partial charge in [0.25, 0.3) is 0 Å². The standard InChI is InChI=1S/C19H22N6O2S/c1-13(2)18(27)24-19-23-16(10-28-19)7-17(26)21-8-14-4-3-5-15(6-14)9-25-12-20-11-22-25/h3-6,10-13H,7-9H2,1-2H3,(H,21,26)(H,23,24,27). The van der Waals surface area contributed by atoms with Crippen LogP contribution in [0.15, 0.2) is 42.3 Å². The summed E-state index contributed by atoms with van der Waals surface area (Å²) in [5, 5.41) is 12.0. The van der Waals surface area contributed by atoms with Crippen LogP contribution in [0.5, 0.6) is 0 Å². The van der Waals surface area contributed by atoms with E-state index in [4.69, 9.17) is 0 Å². The SMILES string of the molecule is CC(C)C(=O)Nc1nc(CC(=O)NCc2cccc(Cn3cncn3)c2)cs1. The number of hydrogen-bond donors (Lipinski definition) is 2. The van der Waals surface area contributed by atoms with Crippen molar-refractivity contribution in [3.8, 4) is 0 Å². The molecule has 0 aliphatic carbocycles. The van der Waals surface area contributed by atoms with E-state index in [2.05, 4.69) is 25.7 Å². The van der Waals surface area contributed by atoms with E-state index < -0.39 is 0 Å². The molecular weight excluding hydrogens is 376 g/mol. The summed E-state index contributed by atoms with van der Waals surface area (Å²) in [6.45, 7) is 4.70. The highest BCUT2D eigenvalue weighted by atomic mass is 32.1. The largest absolute Gasteiger partial charge is 0.352 e. The number of amides is 2. The molecule has 2 heterocycles. The average molecular weight is 398 g/mol. The van der Waals surface area contributed by atoms with Crippen LogP contribution in [0.2, 0.25) is 0 Å². The summed E-state index contributed by atoms with van der Waals surface area (Å²) in [5.41, 5.74) is 2.73. The van der Waals surface area contributed by atoms with Crippen molar-refractivity contribution in [3.63, 3.8) is 0 Å². The zero-order chi connectivity index (χ0) is 19.9. The third kappa shape index (κ3) is 5.71. The molecule has 8 nitrogen and oxygen atoms in total. The van der Waals surface area contributed by atoms with Crippen molar-refractivity contribution in [2.75, 3.05) is 5.32 Å². The zero-order valence-corrected chi connectivity index (χ0v) is 16.6. The Balaban J connectivity index is 1.49. The quantitative estimate of drug-likeness (QED) is 0.606. The fourth-order valence-electron chi connectivity index (χ4n) is 2.46. The lowest BCUT2D eigenvalue weighted by Crippen LogP contribution is -2.24. The number of thiazole rings is 1. The van der Waals surface area contributed by atoms with E-state index in [1.807, 2.05) is 38.1 Å². The summed E-state index contributed by atoms with van der Waals surface area (Å²) in [5.74, 6) is -0.319. The normalized spacial score (nSPS) is 10.8. The summed E-state index contributed by atoms with van der Waals surface area (Å²) >= 11 is 1.32. The molecule has 0 spiro atoms. The summed E-state index contributed by atoms with van der Waals surface area (Å²) in [6.07, 6.45) is 3.34. The highest BCUT2D eigenvalue weighted by molar-refractivity contribution is 7.13. The van der Waals surface area contributed by atoms with Gasteiger partial charge < -0.3 is 10.6 Å². The molecule has 0 saturated heterocycles. The number of nitrogens with one attached hydrogen (secondary N) is 2. The smallest absolute Gasteiger partial charge is 0.228 e. The Morgan fingerprint density at radius 1 is 1.25 bits per heavy atom. The van der Waals surface area contributed by atoms with Crippen LogP contribution in [0.4, 0.5) is 5.13 Å². The van der Waals surface area contributed by atoms with E-state index in [-0.39, 0.29) is 24.2 Å². The lowest BCUT2D eigenvalue weighted by atomic mass is 10.1. The Labute approximate surface area is 167 Å². The first-order valence-corrected chi connectivity index (χ1v) is 9.80. The van der Waals surface area contributed by atoms with Crippen LogP contribution in [0.1, 0.15) is 30.7 Å². The number of carbonyl (C=O) groups excluding carboxylic acids is 2. The maximum absolute atomic E-state index is 12.2. The number of benzene rings is 1. The minimum absolute atomic E-state index is 0.0869. The van der Waals surface area contributed by atoms with Gasteiger partial charge in [-0.25, -0.2) is 14.6 Å². The zero-order valence-electron chi connectivity index (χ0n) is 15.8. The summed E-state index contributed by atoms with van der Waals surface area (Å²) in [7, 11) is 0. The van der Waals surface area contributed by atoms with Crippen LogP contribution in [-0.2, 0) is 29.1 Å². The van der Waals surface area contributed by atoms with Crippen molar-refractivity contribution in [1.82, 2.24) is 25.1 Å². The van der Waals surface area contributed by atoms with Gasteiger partial charge in [0.15, 0.2) is 5.13 Å². The molecular formula is C19H22N6O2S. The third-order valence-electron chi connectivity index (χ3n) is 3.94. The molecule has 0 fully saturated rings. The molecule has 146 valence electrons. The minimum Gasteiger partial charge on any atom is -0.352 e. The van der Waals surface area contributed by atoms with Crippen LogP contribution < -0.4 is 10.6 Å². The van der Waals surface area contributed by atoms with Crippen LogP contribution in [0, 0.1) is 5.92 Å². The summed E-state index contributed by atoms with van der Waals surface area (Å²) < 4.78 is 1.75. The highest BCUT2D eigenvalue weighted by Gasteiger charge is 2.12. The molecule has 0 saturated carbocycles. The van der Waals surface area contributed by atoms with Gasteiger partial charge in [0.1, 0.15) is 12.7 Å². The van der Waals surface area contributed by atoms with Gasteiger partial charge >= 0.3 is 0 Å². The van der Waals surface area contributed by atoms with Gasteiger partial charge in [0.05, 0.1) is 18.7 Å². The van der Waals surface area contributed by atoms with Gasteiger partial charge in [-0.15, -0.1) is 11.3 Å². The van der Waals surface area contributed by atoms with E-state index in [9.17, 15) is 9.59 Å². The van der Waals surface area contributed by atoms with Gasteiger partial charge in [0.2, 0.25) is 11.8 Å². The second-order valence-corrected chi connectivity index (χ2v) is 7.51. The van der Waals surface area contributed by atoms with Crippen molar-refractivity contribution in [2.24, 2.45) is 5.92 Å². The van der Waals surface area contributed by atoms with Crippen molar-refractivity contribution < 1.29 is 9.59 Å². The van der Waals surface area contributed by atoms with Gasteiger partial charge in [0, 0.05) is 17.8 Å². The first kappa shape index (κ1) is 19.7. The van der Waals surface area contributed by atoms with Crippen molar-refractivity contribution >= 4 is 28.3 Å². The fourth-order valence-corrected chi connectivity index (χ4v) is 3.18. The minimum atomic E-state index is -0.117. The molecule has 0 atom stereocenters. The second kappa shape index (κ2) is 9.23. The molecule has 28 heavy (non-hydrogen) atoms. The van der Waals surface area contributed by atoms with Gasteiger partial charge in [-0.2, -0.15) is 5.10 Å². The van der Waals surface area contributed by atoms with Crippen LogP contribution >= 0.6 is 11.3 Å². The lowest BCUT2D eigenvalue weighted by molar-refractivity contribution is -0.120. The second-order valence-electron chi connectivity index (χ2n) is 6.65. The molecule has 3 aromatic rings. The number of hydrogen-bond acceptors (Lipinski definition) is 6. The Bertz CT molecular complexity index is 936. The predicted molar refractivity (Wildman–Crippen MR) is 107 cm³/mol. The first-order chi connectivity index (χ1) is 13.5. The molecule has 0 aliphatic heterocycles. The molecule has 1 aromatic carbocycles. The Morgan fingerprint density at radius 2 is 2.07 bits per heavy atom. The van der Waals surface area contributed by atoms with Gasteiger partial charge in [-0.05, 0) is 11.1 Å². The molecule has 2 N–H and O–H groups in total. The third-order valence-corrected chi connectivity index (χ3v) is 4.75. The molecule has 0 unspecified atom stereocenters. The van der Waals surface area contributed by atoms with Crippen molar-refractivity contribution in [3.05, 3.63) is 59.1 Å². The molecule has 9 heteroatoms. The number of aromatic nitrogens is 4. The number of nitrogens with zero attached hydrogens (tertiary/aromatic N) is 4. The lowest BCUT2D eigenvalue weighted by Gasteiger charge is -2.07. The molecule has 0 aliphatic rings. The molecule has 2 amide bonds. The fraction of sp³-hybridized carbons (Fsp3) is 0.316. The average Bonchev–Trinajstić information content (AvgIpc) is 3.32. The van der Waals surface area contributed by atoms with E-state index in [0.29, 0.717) is 23.9 Å². The van der Waals surface area contributed by atoms with E-state index in [1.54, 1.807) is 16.4 Å². The predicted octanol–water partition coefficient (Wildman–Crippen LogP) is 2.24. The van der Waals surface area contributed by atoms with Gasteiger partial charge in [-0.3, -0.25) is 9.59 Å². The monoisotopic (exact) mass is 398 g/mol. The van der Waals surface area contributed by atoms with E-state index in [1.165, 1.54) is 17.7 Å². The maximum atomic E-state index is 12.2. The van der Waals surface area contributed by atoms with Crippen LogP contribution in [0.3, 0.4) is 0 Å². The number of anilines is 1. The summed E-state index contributed by atoms with van der Waals surface area (Å²) in [4.78, 5) is 32.1. The molecule has 0 radical (unpaired) electrons. The highest BCUT2D eigenvalue weighted by Crippen LogP contribution is 2.16. The molecule has 2 aromatic heterocycles. The van der Waals surface area contributed by atoms with Crippen molar-refractivity contribution in [2.45, 2.75) is 33.4 Å². The van der Waals surface area contributed by atoms with E-state index >= 15 is 0 Å². The Morgan fingerprint density at radius 3 is 2.82 bits per heavy atom. The number of carbonyl (C=O) groups is 2. The van der Waals surface area contributed by atoms with Crippen LogP contribution in [0.25, 0.3) is 0 Å². The molecule has 3 rings (SSSR count). The van der Waals surface area contributed by atoms with Gasteiger partial charge in [-0.1, -0.05) is 38.1 Å². The Hall–Kier alpha value is -3.07. The van der Waals surface area contributed by atoms with Crippen LogP contribution in [-0.4, -0.2) is 31.6 Å². The molecule has 0 bridgehead atoms. The van der Waals surface area contributed by atoms with Crippen molar-refractivity contribution in [1.29, 1.82) is 0 Å². The number of rotatable bonds is 8. The Kier molecular flexibility index (Phi) is 6.49. The maximum Gasteiger partial charge on any atom is 0.228 e. The summed E-state index contributed by atoms with van der Waals surface area (Å²) in [6, 6.07) is 7.96. The first-order valence-electron chi connectivity index (χ1n) is 8.92. The topological polar surface area (TPSA) is 102 Å².